The van der Waals surface area contributed by atoms with Gasteiger partial charge in [-0.25, -0.2) is 0 Å². The molecule has 0 amide bonds. The molecule has 0 N–H and O–H groups in total. The fourth-order valence-electron chi connectivity index (χ4n) is 7.44. The van der Waals surface area contributed by atoms with Gasteiger partial charge in [-0.1, -0.05) is 19.9 Å². The van der Waals surface area contributed by atoms with Crippen molar-refractivity contribution in [2.24, 2.45) is 34.0 Å². The highest BCUT2D eigenvalue weighted by atomic mass is 16.5. The Morgan fingerprint density at radius 3 is 2.78 bits per heavy atom. The van der Waals surface area contributed by atoms with Crippen LogP contribution in [0.25, 0.3) is 0 Å². The van der Waals surface area contributed by atoms with Crippen molar-refractivity contribution in [2.75, 3.05) is 13.2 Å². The summed E-state index contributed by atoms with van der Waals surface area (Å²) in [6, 6.07) is 0. The van der Waals surface area contributed by atoms with Gasteiger partial charge in [0.15, 0.2) is 5.78 Å². The van der Waals surface area contributed by atoms with E-state index in [-0.39, 0.29) is 28.3 Å². The molecule has 0 aromatic rings. The first kappa shape index (κ1) is 14.4. The predicted molar refractivity (Wildman–Crippen MR) is 85.7 cm³/mol. The molecule has 1 saturated heterocycles. The van der Waals surface area contributed by atoms with E-state index in [0.717, 1.165) is 50.9 Å². The van der Waals surface area contributed by atoms with Crippen molar-refractivity contribution < 1.29 is 14.3 Å². The number of ether oxygens (including phenoxy) is 1. The van der Waals surface area contributed by atoms with Gasteiger partial charge in [-0.2, -0.15) is 0 Å². The molecule has 5 aliphatic carbocycles. The molecule has 0 radical (unpaired) electrons. The molecule has 5 saturated carbocycles. The van der Waals surface area contributed by atoms with Gasteiger partial charge in [0.05, 0.1) is 18.6 Å². The van der Waals surface area contributed by atoms with E-state index in [9.17, 15) is 9.59 Å². The average molecular weight is 314 g/mol. The van der Waals surface area contributed by atoms with Crippen LogP contribution < -0.4 is 0 Å². The van der Waals surface area contributed by atoms with E-state index in [4.69, 9.17) is 4.74 Å². The molecule has 3 heteroatoms. The van der Waals surface area contributed by atoms with Crippen molar-refractivity contribution in [1.29, 1.82) is 0 Å². The van der Waals surface area contributed by atoms with E-state index in [1.54, 1.807) is 0 Å². The number of ketones is 2. The summed E-state index contributed by atoms with van der Waals surface area (Å²) in [6.07, 6.45) is 6.86. The largest absolute Gasteiger partial charge is 0.380 e. The summed E-state index contributed by atoms with van der Waals surface area (Å²) in [4.78, 5) is 26.4. The second kappa shape index (κ2) is 4.17. The lowest BCUT2D eigenvalue weighted by Crippen LogP contribution is -2.70. The van der Waals surface area contributed by atoms with E-state index < -0.39 is 5.41 Å². The number of hydrogen-bond acceptors (Lipinski definition) is 3. The molecule has 0 aromatic heterocycles. The van der Waals surface area contributed by atoms with Crippen LogP contribution in [0.1, 0.15) is 51.9 Å². The van der Waals surface area contributed by atoms with Gasteiger partial charge in [0.25, 0.3) is 0 Å². The van der Waals surface area contributed by atoms with Crippen molar-refractivity contribution in [3.63, 3.8) is 0 Å². The van der Waals surface area contributed by atoms with E-state index in [2.05, 4.69) is 13.5 Å². The normalized spacial score (nSPS) is 54.7. The minimum Gasteiger partial charge on any atom is -0.380 e. The minimum absolute atomic E-state index is 0.0637. The van der Waals surface area contributed by atoms with Crippen molar-refractivity contribution in [3.05, 3.63) is 12.2 Å². The number of rotatable bonds is 0. The van der Waals surface area contributed by atoms with Gasteiger partial charge in [-0.05, 0) is 60.8 Å². The van der Waals surface area contributed by atoms with E-state index >= 15 is 0 Å². The van der Waals surface area contributed by atoms with Gasteiger partial charge >= 0.3 is 0 Å². The SMILES string of the molecule is C=C1C(=O)C23CC[C@@H]1CC2[C@@]12CCC[C@@](C)(COC1)C2CC3=O. The third kappa shape index (κ3) is 1.43. The zero-order valence-electron chi connectivity index (χ0n) is 14.0. The highest BCUT2D eigenvalue weighted by molar-refractivity contribution is 6.16. The highest BCUT2D eigenvalue weighted by Gasteiger charge is 2.72. The van der Waals surface area contributed by atoms with Gasteiger partial charge in [0.2, 0.25) is 0 Å². The number of carbonyl (C=O) groups is 2. The summed E-state index contributed by atoms with van der Waals surface area (Å²) in [5.74, 6) is 1.27. The molecule has 3 unspecified atom stereocenters. The first-order valence-corrected chi connectivity index (χ1v) is 9.29. The Kier molecular flexibility index (Phi) is 2.61. The van der Waals surface area contributed by atoms with Crippen LogP contribution in [0.15, 0.2) is 12.2 Å². The van der Waals surface area contributed by atoms with E-state index in [1.165, 1.54) is 6.42 Å². The Labute approximate surface area is 137 Å². The van der Waals surface area contributed by atoms with Gasteiger partial charge in [0, 0.05) is 11.8 Å². The van der Waals surface area contributed by atoms with Crippen LogP contribution in [0, 0.1) is 34.0 Å². The molecule has 1 heterocycles. The molecule has 3 nitrogen and oxygen atoms in total. The van der Waals surface area contributed by atoms with Gasteiger partial charge in [-0.3, -0.25) is 9.59 Å². The Balaban J connectivity index is 1.69. The molecule has 23 heavy (non-hydrogen) atoms. The molecule has 1 aliphatic heterocycles. The maximum atomic E-state index is 13.3. The highest BCUT2D eigenvalue weighted by Crippen LogP contribution is 2.71. The fraction of sp³-hybridized carbons (Fsp3) is 0.800. The molecular weight excluding hydrogens is 288 g/mol. The summed E-state index contributed by atoms with van der Waals surface area (Å²) in [5.41, 5.74) is 0.200. The Bertz CT molecular complexity index is 623. The topological polar surface area (TPSA) is 43.4 Å². The number of Topliss-reactive ketones (excluding diaryl/α,β-unsaturated/α-hetero) is 2. The van der Waals surface area contributed by atoms with Gasteiger partial charge in [-0.15, -0.1) is 0 Å². The Morgan fingerprint density at radius 1 is 1.13 bits per heavy atom. The summed E-state index contributed by atoms with van der Waals surface area (Å²) < 4.78 is 6.11. The molecular formula is C20H26O3. The molecule has 6 aliphatic rings. The molecule has 124 valence electrons. The minimum atomic E-state index is -0.735. The zero-order valence-corrected chi connectivity index (χ0v) is 14.0. The standard InChI is InChI=1S/C20H26O3/c1-12-13-4-7-20(17(12)22)15(8-13)19-6-3-5-18(2,10-23-11-19)14(19)9-16(20)21/h13-15H,1,3-11H2,2H3/t13-,14?,15?,18+,19+,20?/m1/s1. The number of hydrogen-bond donors (Lipinski definition) is 0. The monoisotopic (exact) mass is 314 g/mol. The van der Waals surface area contributed by atoms with Crippen molar-refractivity contribution >= 4 is 11.6 Å². The maximum absolute atomic E-state index is 13.3. The van der Waals surface area contributed by atoms with Crippen LogP contribution in [-0.2, 0) is 14.3 Å². The first-order valence-electron chi connectivity index (χ1n) is 9.29. The molecule has 6 fully saturated rings. The molecule has 6 atom stereocenters. The number of allylic oxidation sites excluding steroid dienone is 1. The summed E-state index contributed by atoms with van der Waals surface area (Å²) in [7, 11) is 0. The molecule has 6 rings (SSSR count). The third-order valence-corrected chi connectivity index (χ3v) is 8.50. The lowest BCUT2D eigenvalue weighted by atomic mass is 9.35. The second-order valence-corrected chi connectivity index (χ2v) is 9.26. The van der Waals surface area contributed by atoms with E-state index in [1.807, 2.05) is 0 Å². The average Bonchev–Trinajstić information content (AvgIpc) is 2.52. The summed E-state index contributed by atoms with van der Waals surface area (Å²) >= 11 is 0. The smallest absolute Gasteiger partial charge is 0.172 e. The zero-order chi connectivity index (χ0) is 16.0. The molecule has 0 aromatic carbocycles. The van der Waals surface area contributed by atoms with Crippen molar-refractivity contribution in [1.82, 2.24) is 0 Å². The van der Waals surface area contributed by atoms with Crippen LogP contribution >= 0.6 is 0 Å². The maximum Gasteiger partial charge on any atom is 0.172 e. The van der Waals surface area contributed by atoms with Crippen LogP contribution in [0.2, 0.25) is 0 Å². The molecule has 1 spiro atoms. The van der Waals surface area contributed by atoms with Gasteiger partial charge in [0.1, 0.15) is 5.78 Å². The van der Waals surface area contributed by atoms with Crippen molar-refractivity contribution in [3.8, 4) is 0 Å². The van der Waals surface area contributed by atoms with Crippen molar-refractivity contribution in [2.45, 2.75) is 51.9 Å². The van der Waals surface area contributed by atoms with Crippen LogP contribution in [0.3, 0.4) is 0 Å². The quantitative estimate of drug-likeness (QED) is 0.509. The summed E-state index contributed by atoms with van der Waals surface area (Å²) in [6.45, 7) is 7.93. The lowest BCUT2D eigenvalue weighted by molar-refractivity contribution is -0.236. The number of carbonyl (C=O) groups excluding carboxylic acids is 2. The Hall–Kier alpha value is -0.960. The van der Waals surface area contributed by atoms with Crippen LogP contribution in [0.5, 0.6) is 0 Å². The molecule has 4 bridgehead atoms. The Morgan fingerprint density at radius 2 is 1.96 bits per heavy atom. The van der Waals surface area contributed by atoms with Gasteiger partial charge < -0.3 is 4.74 Å². The fourth-order valence-corrected chi connectivity index (χ4v) is 7.44. The van der Waals surface area contributed by atoms with Crippen LogP contribution in [0.4, 0.5) is 0 Å². The predicted octanol–water partition coefficient (Wildman–Crippen LogP) is 3.32. The lowest BCUT2D eigenvalue weighted by Gasteiger charge is -2.68. The first-order chi connectivity index (χ1) is 10.9. The number of fused-ring (bicyclic) bond motifs is 2. The summed E-state index contributed by atoms with van der Waals surface area (Å²) in [5, 5.41) is 0. The third-order valence-electron chi connectivity index (χ3n) is 8.50. The van der Waals surface area contributed by atoms with Crippen LogP contribution in [-0.4, -0.2) is 24.8 Å². The second-order valence-electron chi connectivity index (χ2n) is 9.26. The van der Waals surface area contributed by atoms with E-state index in [0.29, 0.717) is 18.3 Å².